The number of benzene rings is 1. The summed E-state index contributed by atoms with van der Waals surface area (Å²) in [5.74, 6) is -0.181. The van der Waals surface area contributed by atoms with Crippen molar-refractivity contribution in [3.8, 4) is 0 Å². The second-order valence-corrected chi connectivity index (χ2v) is 7.85. The number of nitrogens with zero attached hydrogens (tertiary/aromatic N) is 2. The van der Waals surface area contributed by atoms with Gasteiger partial charge in [-0.25, -0.2) is 0 Å². The smallest absolute Gasteiger partial charge is 0.228 e. The highest BCUT2D eigenvalue weighted by Gasteiger charge is 2.37. The van der Waals surface area contributed by atoms with Crippen molar-refractivity contribution in [2.45, 2.75) is 33.7 Å². The molecule has 2 heterocycles. The Kier molecular flexibility index (Phi) is 4.95. The lowest BCUT2D eigenvalue weighted by Gasteiger charge is -2.22. The number of hydrogen-bond acceptors (Lipinski definition) is 3. The van der Waals surface area contributed by atoms with Gasteiger partial charge in [0.1, 0.15) is 0 Å². The van der Waals surface area contributed by atoms with Crippen molar-refractivity contribution >= 4 is 28.8 Å². The molecule has 0 saturated carbocycles. The zero-order valence-corrected chi connectivity index (χ0v) is 16.0. The predicted octanol–water partition coefficient (Wildman–Crippen LogP) is 3.68. The number of thiophene rings is 1. The fourth-order valence-corrected chi connectivity index (χ4v) is 4.26. The van der Waals surface area contributed by atoms with Crippen LogP contribution in [0.2, 0.25) is 0 Å². The van der Waals surface area contributed by atoms with Crippen molar-refractivity contribution in [3.05, 3.63) is 51.2 Å². The molecule has 2 amide bonds. The Labute approximate surface area is 153 Å². The molecule has 0 N–H and O–H groups in total. The first-order chi connectivity index (χ1) is 11.9. The molecule has 4 nitrogen and oxygen atoms in total. The molecule has 3 rings (SSSR count). The number of amides is 2. The van der Waals surface area contributed by atoms with E-state index in [-0.39, 0.29) is 17.7 Å². The van der Waals surface area contributed by atoms with E-state index < -0.39 is 0 Å². The zero-order valence-electron chi connectivity index (χ0n) is 15.2. The van der Waals surface area contributed by atoms with E-state index in [2.05, 4.69) is 13.0 Å². The van der Waals surface area contributed by atoms with Crippen molar-refractivity contribution in [2.75, 3.05) is 18.5 Å². The van der Waals surface area contributed by atoms with E-state index >= 15 is 0 Å². The Morgan fingerprint density at radius 1 is 1.24 bits per heavy atom. The van der Waals surface area contributed by atoms with Crippen LogP contribution in [0.1, 0.15) is 28.0 Å². The molecule has 1 fully saturated rings. The number of carbonyl (C=O) groups is 2. The molecule has 1 saturated heterocycles. The average molecular weight is 356 g/mol. The summed E-state index contributed by atoms with van der Waals surface area (Å²) in [6, 6.07) is 8.04. The molecular formula is C20H24N2O2S. The fourth-order valence-electron chi connectivity index (χ4n) is 3.30. The highest BCUT2D eigenvalue weighted by atomic mass is 32.1. The minimum Gasteiger partial charge on any atom is -0.340 e. The predicted molar refractivity (Wildman–Crippen MR) is 102 cm³/mol. The molecule has 1 atom stereocenters. The molecule has 1 unspecified atom stereocenters. The molecule has 0 spiro atoms. The van der Waals surface area contributed by atoms with Gasteiger partial charge in [0.2, 0.25) is 11.8 Å². The molecule has 1 aliphatic rings. The van der Waals surface area contributed by atoms with Gasteiger partial charge in [-0.3, -0.25) is 9.59 Å². The molecular weight excluding hydrogens is 332 g/mol. The summed E-state index contributed by atoms with van der Waals surface area (Å²) in [6.07, 6.45) is 0.292. The number of aryl methyl sites for hydroxylation is 2. The SMILES string of the molecule is Cc1ccsc1CN(C)C(=O)C1CC(=O)N(c2cccc(C)c2C)C1. The first-order valence-electron chi connectivity index (χ1n) is 8.53. The fraction of sp³-hybridized carbons (Fsp3) is 0.400. The number of anilines is 1. The first-order valence-corrected chi connectivity index (χ1v) is 9.41. The third-order valence-electron chi connectivity index (χ3n) is 5.07. The van der Waals surface area contributed by atoms with Gasteiger partial charge in [-0.2, -0.15) is 0 Å². The third kappa shape index (κ3) is 3.47. The topological polar surface area (TPSA) is 40.6 Å². The monoisotopic (exact) mass is 356 g/mol. The standard InChI is InChI=1S/C20H24N2O2S/c1-13-6-5-7-17(15(13)3)22-11-16(10-19(22)23)20(24)21(4)12-18-14(2)8-9-25-18/h5-9,16H,10-12H2,1-4H3. The van der Waals surface area contributed by atoms with Gasteiger partial charge in [0.05, 0.1) is 12.5 Å². The summed E-state index contributed by atoms with van der Waals surface area (Å²) in [5, 5.41) is 2.05. The number of rotatable bonds is 4. The summed E-state index contributed by atoms with van der Waals surface area (Å²) in [7, 11) is 1.83. The summed E-state index contributed by atoms with van der Waals surface area (Å²) in [6.45, 7) is 7.20. The molecule has 2 aromatic rings. The van der Waals surface area contributed by atoms with Crippen LogP contribution in [0.3, 0.4) is 0 Å². The lowest BCUT2D eigenvalue weighted by Crippen LogP contribution is -2.34. The Balaban J connectivity index is 1.72. The Bertz CT molecular complexity index is 812. The summed E-state index contributed by atoms with van der Waals surface area (Å²) >= 11 is 1.67. The van der Waals surface area contributed by atoms with Crippen LogP contribution in [-0.4, -0.2) is 30.3 Å². The lowest BCUT2D eigenvalue weighted by molar-refractivity contribution is -0.135. The second kappa shape index (κ2) is 7.00. The van der Waals surface area contributed by atoms with E-state index in [9.17, 15) is 9.59 Å². The van der Waals surface area contributed by atoms with Crippen molar-refractivity contribution in [1.82, 2.24) is 4.90 Å². The Morgan fingerprint density at radius 2 is 2.00 bits per heavy atom. The van der Waals surface area contributed by atoms with Gasteiger partial charge in [-0.1, -0.05) is 12.1 Å². The van der Waals surface area contributed by atoms with Crippen molar-refractivity contribution in [1.29, 1.82) is 0 Å². The van der Waals surface area contributed by atoms with Crippen molar-refractivity contribution in [2.24, 2.45) is 5.92 Å². The van der Waals surface area contributed by atoms with Crippen LogP contribution >= 0.6 is 11.3 Å². The summed E-state index contributed by atoms with van der Waals surface area (Å²) < 4.78 is 0. The van der Waals surface area contributed by atoms with Gasteiger partial charge in [0.25, 0.3) is 0 Å². The summed E-state index contributed by atoms with van der Waals surface area (Å²) in [4.78, 5) is 30.0. The molecule has 5 heteroatoms. The molecule has 1 aromatic heterocycles. The normalized spacial score (nSPS) is 17.2. The minimum absolute atomic E-state index is 0.0350. The first kappa shape index (κ1) is 17.7. The molecule has 25 heavy (non-hydrogen) atoms. The largest absolute Gasteiger partial charge is 0.340 e. The van der Waals surface area contributed by atoms with Crippen LogP contribution < -0.4 is 4.90 Å². The van der Waals surface area contributed by atoms with Crippen LogP contribution in [0.25, 0.3) is 0 Å². The molecule has 1 aromatic carbocycles. The van der Waals surface area contributed by atoms with Crippen LogP contribution in [0, 0.1) is 26.7 Å². The Hall–Kier alpha value is -2.14. The van der Waals surface area contributed by atoms with E-state index in [1.807, 2.05) is 44.5 Å². The van der Waals surface area contributed by atoms with Gasteiger partial charge in [0.15, 0.2) is 0 Å². The van der Waals surface area contributed by atoms with Crippen molar-refractivity contribution in [3.63, 3.8) is 0 Å². The van der Waals surface area contributed by atoms with Gasteiger partial charge in [-0.15, -0.1) is 11.3 Å². The summed E-state index contributed by atoms with van der Waals surface area (Å²) in [5.41, 5.74) is 4.40. The number of carbonyl (C=O) groups excluding carboxylic acids is 2. The van der Waals surface area contributed by atoms with E-state index in [4.69, 9.17) is 0 Å². The average Bonchev–Trinajstić information content (AvgIpc) is 3.15. The maximum absolute atomic E-state index is 12.8. The van der Waals surface area contributed by atoms with Crippen LogP contribution in [0.4, 0.5) is 5.69 Å². The highest BCUT2D eigenvalue weighted by molar-refractivity contribution is 7.10. The molecule has 0 bridgehead atoms. The minimum atomic E-state index is -0.266. The highest BCUT2D eigenvalue weighted by Crippen LogP contribution is 2.30. The van der Waals surface area contributed by atoms with E-state index in [1.54, 1.807) is 21.1 Å². The quantitative estimate of drug-likeness (QED) is 0.838. The van der Waals surface area contributed by atoms with Gasteiger partial charge in [-0.05, 0) is 55.0 Å². The lowest BCUT2D eigenvalue weighted by atomic mass is 10.1. The molecule has 0 radical (unpaired) electrons. The second-order valence-electron chi connectivity index (χ2n) is 6.85. The molecule has 132 valence electrons. The molecule has 0 aliphatic carbocycles. The maximum atomic E-state index is 12.8. The van der Waals surface area contributed by atoms with Crippen molar-refractivity contribution < 1.29 is 9.59 Å². The van der Waals surface area contributed by atoms with E-state index in [1.165, 1.54) is 10.4 Å². The van der Waals surface area contributed by atoms with Gasteiger partial charge >= 0.3 is 0 Å². The van der Waals surface area contributed by atoms with Gasteiger partial charge < -0.3 is 9.80 Å². The Morgan fingerprint density at radius 3 is 2.68 bits per heavy atom. The van der Waals surface area contributed by atoms with E-state index in [0.717, 1.165) is 16.8 Å². The van der Waals surface area contributed by atoms with Crippen LogP contribution in [0.15, 0.2) is 29.6 Å². The molecule has 1 aliphatic heterocycles. The maximum Gasteiger partial charge on any atom is 0.228 e. The van der Waals surface area contributed by atoms with Crippen LogP contribution in [-0.2, 0) is 16.1 Å². The van der Waals surface area contributed by atoms with Crippen LogP contribution in [0.5, 0.6) is 0 Å². The number of hydrogen-bond donors (Lipinski definition) is 0. The van der Waals surface area contributed by atoms with Gasteiger partial charge in [0, 0.05) is 30.6 Å². The van der Waals surface area contributed by atoms with E-state index in [0.29, 0.717) is 19.5 Å². The third-order valence-corrected chi connectivity index (χ3v) is 6.07. The zero-order chi connectivity index (χ0) is 18.1.